The number of hydrogen-bond donors (Lipinski definition) is 1. The van der Waals surface area contributed by atoms with Crippen LogP contribution in [0.4, 0.5) is 5.69 Å². The first-order chi connectivity index (χ1) is 15.1. The van der Waals surface area contributed by atoms with Gasteiger partial charge in [0, 0.05) is 45.3 Å². The molecule has 33 heavy (non-hydrogen) atoms. The molecule has 2 aromatic rings. The van der Waals surface area contributed by atoms with E-state index in [1.165, 1.54) is 12.0 Å². The highest BCUT2D eigenvalue weighted by molar-refractivity contribution is 6.43. The van der Waals surface area contributed by atoms with E-state index in [0.717, 1.165) is 76.3 Å². The molecule has 0 spiro atoms. The Morgan fingerprint density at radius 1 is 1.00 bits per heavy atom. The summed E-state index contributed by atoms with van der Waals surface area (Å²) in [7, 11) is 0. The number of halogens is 4. The van der Waals surface area contributed by atoms with E-state index in [1.54, 1.807) is 0 Å². The number of hydrogen-bond acceptors (Lipinski definition) is 4. The van der Waals surface area contributed by atoms with Gasteiger partial charge in [-0.2, -0.15) is 0 Å². The summed E-state index contributed by atoms with van der Waals surface area (Å²) < 4.78 is 0. The van der Waals surface area contributed by atoms with Gasteiger partial charge >= 0.3 is 0 Å². The van der Waals surface area contributed by atoms with Gasteiger partial charge in [0.2, 0.25) is 0 Å². The zero-order valence-electron chi connectivity index (χ0n) is 19.2. The Kier molecular flexibility index (Phi) is 11.4. The minimum absolute atomic E-state index is 0. The second-order valence-corrected chi connectivity index (χ2v) is 9.53. The van der Waals surface area contributed by atoms with E-state index in [1.807, 2.05) is 24.3 Å². The lowest BCUT2D eigenvalue weighted by molar-refractivity contribution is 0.145. The van der Waals surface area contributed by atoms with Gasteiger partial charge in [0.1, 0.15) is 5.75 Å². The van der Waals surface area contributed by atoms with Crippen LogP contribution in [0.3, 0.4) is 0 Å². The van der Waals surface area contributed by atoms with Crippen molar-refractivity contribution in [3.63, 3.8) is 0 Å². The Bertz CT molecular complexity index is 890. The molecule has 184 valence electrons. The highest BCUT2D eigenvalue weighted by Gasteiger charge is 2.26. The van der Waals surface area contributed by atoms with E-state index < -0.39 is 0 Å². The molecule has 1 heterocycles. The number of fused-ring (bicyclic) bond motifs is 1. The normalized spacial score (nSPS) is 18.4. The third-order valence-electron chi connectivity index (χ3n) is 6.81. The van der Waals surface area contributed by atoms with Crippen LogP contribution in [0.5, 0.6) is 5.75 Å². The van der Waals surface area contributed by atoms with E-state index in [9.17, 15) is 5.11 Å². The fourth-order valence-corrected chi connectivity index (χ4v) is 5.48. The zero-order chi connectivity index (χ0) is 21.8. The molecule has 8 heteroatoms. The predicted octanol–water partition coefficient (Wildman–Crippen LogP) is 5.93. The average Bonchev–Trinajstić information content (AvgIpc) is 2.79. The molecule has 2 aromatic carbocycles. The van der Waals surface area contributed by atoms with Crippen molar-refractivity contribution in [2.75, 3.05) is 50.7 Å². The number of phenolic OH excluding ortho intramolecular Hbond substituents is 1. The van der Waals surface area contributed by atoms with Crippen LogP contribution in [-0.4, -0.2) is 66.8 Å². The number of benzene rings is 2. The van der Waals surface area contributed by atoms with E-state index in [2.05, 4.69) is 33.8 Å². The molecule has 0 amide bonds. The number of anilines is 1. The monoisotopic (exact) mass is 533 g/mol. The van der Waals surface area contributed by atoms with Crippen molar-refractivity contribution in [2.45, 2.75) is 38.6 Å². The molecule has 1 N–H and O–H groups in total. The van der Waals surface area contributed by atoms with Gasteiger partial charge in [-0.1, -0.05) is 48.3 Å². The maximum atomic E-state index is 10.2. The quantitative estimate of drug-likeness (QED) is 0.476. The SMILES string of the molecule is CCCN(CCN1CCN(c2cccc(Cl)c2Cl)CC1)C1CCc2c(O)cccc2C1.Cl.Cl. The van der Waals surface area contributed by atoms with Crippen LogP contribution in [0, 0.1) is 0 Å². The number of rotatable bonds is 7. The van der Waals surface area contributed by atoms with Crippen molar-refractivity contribution in [2.24, 2.45) is 0 Å². The minimum atomic E-state index is 0. The number of piperazine rings is 1. The molecule has 1 saturated heterocycles. The van der Waals surface area contributed by atoms with E-state index in [0.29, 0.717) is 21.8 Å². The lowest BCUT2D eigenvalue weighted by Gasteiger charge is -2.39. The summed E-state index contributed by atoms with van der Waals surface area (Å²) >= 11 is 12.6. The van der Waals surface area contributed by atoms with Gasteiger partial charge in [-0.05, 0) is 61.6 Å². The number of phenols is 1. The maximum Gasteiger partial charge on any atom is 0.119 e. The minimum Gasteiger partial charge on any atom is -0.508 e. The Balaban J connectivity index is 0.00000193. The van der Waals surface area contributed by atoms with Crippen molar-refractivity contribution in [1.29, 1.82) is 0 Å². The standard InChI is InChI=1S/C25H33Cl2N3O.2ClH/c1-2-11-29(20-9-10-21-19(18-20)5-3-8-24(21)31)15-12-28-13-16-30(17-14-28)23-7-4-6-22(26)25(23)27;;/h3-8,20,31H,2,9-18H2,1H3;2*1H. The van der Waals surface area contributed by atoms with Crippen LogP contribution < -0.4 is 4.90 Å². The number of aromatic hydroxyl groups is 1. The van der Waals surface area contributed by atoms with Gasteiger partial charge in [0.25, 0.3) is 0 Å². The van der Waals surface area contributed by atoms with Crippen LogP contribution in [0.1, 0.15) is 30.9 Å². The molecule has 1 atom stereocenters. The Morgan fingerprint density at radius 2 is 1.73 bits per heavy atom. The second-order valence-electron chi connectivity index (χ2n) is 8.75. The van der Waals surface area contributed by atoms with Crippen molar-refractivity contribution in [3.05, 3.63) is 57.6 Å². The van der Waals surface area contributed by atoms with E-state index in [4.69, 9.17) is 23.2 Å². The van der Waals surface area contributed by atoms with Crippen LogP contribution in [-0.2, 0) is 12.8 Å². The second kappa shape index (κ2) is 13.3. The third-order valence-corrected chi connectivity index (χ3v) is 7.62. The fourth-order valence-electron chi connectivity index (χ4n) is 5.06. The van der Waals surface area contributed by atoms with Crippen LogP contribution in [0.25, 0.3) is 0 Å². The lowest BCUT2D eigenvalue weighted by atomic mass is 9.87. The fraction of sp³-hybridized carbons (Fsp3) is 0.520. The molecular weight excluding hydrogens is 500 g/mol. The lowest BCUT2D eigenvalue weighted by Crippen LogP contribution is -2.50. The molecule has 1 aliphatic carbocycles. The van der Waals surface area contributed by atoms with Gasteiger partial charge in [-0.25, -0.2) is 0 Å². The van der Waals surface area contributed by atoms with Gasteiger partial charge in [-0.3, -0.25) is 9.80 Å². The largest absolute Gasteiger partial charge is 0.508 e. The van der Waals surface area contributed by atoms with Crippen LogP contribution >= 0.6 is 48.0 Å². The molecule has 4 nitrogen and oxygen atoms in total. The van der Waals surface area contributed by atoms with Crippen molar-refractivity contribution < 1.29 is 5.11 Å². The molecule has 0 bridgehead atoms. The van der Waals surface area contributed by atoms with Crippen LogP contribution in [0.15, 0.2) is 36.4 Å². The zero-order valence-corrected chi connectivity index (χ0v) is 22.3. The summed E-state index contributed by atoms with van der Waals surface area (Å²) in [6.07, 6.45) is 4.33. The molecule has 1 aliphatic heterocycles. The first-order valence-corrected chi connectivity index (χ1v) is 12.3. The van der Waals surface area contributed by atoms with Gasteiger partial charge in [0.05, 0.1) is 15.7 Å². The van der Waals surface area contributed by atoms with E-state index >= 15 is 0 Å². The van der Waals surface area contributed by atoms with Crippen molar-refractivity contribution >= 4 is 53.7 Å². The Labute approximate surface area is 220 Å². The summed E-state index contributed by atoms with van der Waals surface area (Å²) in [6, 6.07) is 12.4. The summed E-state index contributed by atoms with van der Waals surface area (Å²) in [5.74, 6) is 0.468. The van der Waals surface area contributed by atoms with Crippen molar-refractivity contribution in [3.8, 4) is 5.75 Å². The molecule has 2 aliphatic rings. The molecule has 4 rings (SSSR count). The average molecular weight is 535 g/mol. The maximum absolute atomic E-state index is 10.2. The summed E-state index contributed by atoms with van der Waals surface area (Å²) in [5, 5.41) is 11.4. The molecule has 0 saturated carbocycles. The molecule has 1 unspecified atom stereocenters. The van der Waals surface area contributed by atoms with Gasteiger partial charge in [0.15, 0.2) is 0 Å². The highest BCUT2D eigenvalue weighted by Crippen LogP contribution is 2.33. The Hall–Kier alpha value is -0.880. The summed E-state index contributed by atoms with van der Waals surface area (Å²) in [4.78, 5) is 7.59. The smallest absolute Gasteiger partial charge is 0.119 e. The molecule has 0 aromatic heterocycles. The van der Waals surface area contributed by atoms with Crippen molar-refractivity contribution in [1.82, 2.24) is 9.80 Å². The highest BCUT2D eigenvalue weighted by atomic mass is 35.5. The summed E-state index contributed by atoms with van der Waals surface area (Å²) in [6.45, 7) is 9.65. The molecule has 0 radical (unpaired) electrons. The van der Waals surface area contributed by atoms with Gasteiger partial charge < -0.3 is 10.0 Å². The first kappa shape index (κ1) is 28.4. The van der Waals surface area contributed by atoms with Gasteiger partial charge in [-0.15, -0.1) is 24.8 Å². The number of nitrogens with zero attached hydrogens (tertiary/aromatic N) is 3. The first-order valence-electron chi connectivity index (χ1n) is 11.5. The van der Waals surface area contributed by atoms with Crippen LogP contribution in [0.2, 0.25) is 10.0 Å². The van der Waals surface area contributed by atoms with E-state index in [-0.39, 0.29) is 24.8 Å². The predicted molar refractivity (Wildman–Crippen MR) is 145 cm³/mol. The molecule has 1 fully saturated rings. The molecular formula is C25H35Cl4N3O. The third kappa shape index (κ3) is 6.84. The summed E-state index contributed by atoms with van der Waals surface area (Å²) in [5.41, 5.74) is 3.53. The Morgan fingerprint density at radius 3 is 2.45 bits per heavy atom. The topological polar surface area (TPSA) is 30.0 Å².